The van der Waals surface area contributed by atoms with Crippen LogP contribution in [0.1, 0.15) is 18.7 Å². The van der Waals surface area contributed by atoms with E-state index in [1.54, 1.807) is 18.2 Å². The molecular weight excluding hydrogens is 419 g/mol. The highest BCUT2D eigenvalue weighted by molar-refractivity contribution is 7.36. The molecule has 0 saturated carbocycles. The molecule has 3 heterocycles. The van der Waals surface area contributed by atoms with Gasteiger partial charge < -0.3 is 25.4 Å². The van der Waals surface area contributed by atoms with Gasteiger partial charge in [0, 0.05) is 0 Å². The summed E-state index contributed by atoms with van der Waals surface area (Å²) in [5, 5.41) is 37.1. The molecule has 1 aliphatic heterocycles. The van der Waals surface area contributed by atoms with Crippen molar-refractivity contribution >= 4 is 25.5 Å². The van der Waals surface area contributed by atoms with Crippen LogP contribution in [0.2, 0.25) is 0 Å². The molecule has 2 aromatic rings. The van der Waals surface area contributed by atoms with Crippen molar-refractivity contribution < 1.29 is 33.6 Å². The fourth-order valence-corrected chi connectivity index (χ4v) is 3.86. The molecule has 0 radical (unpaired) electrons. The van der Waals surface area contributed by atoms with Gasteiger partial charge in [0.15, 0.2) is 5.82 Å². The number of fused-ring (bicyclic) bond motifs is 1. The Morgan fingerprint density at radius 1 is 1.57 bits per heavy atom. The molecule has 1 unspecified atom stereocenters. The second-order valence-corrected chi connectivity index (χ2v) is 7.61. The monoisotopic (exact) mass is 439 g/mol. The number of carbonyl (C=O) groups is 1. The Balaban J connectivity index is 1.78. The first kappa shape index (κ1) is 22.0. The quantitative estimate of drug-likeness (QED) is 0.310. The van der Waals surface area contributed by atoms with Crippen LogP contribution in [-0.2, 0) is 23.4 Å². The maximum absolute atomic E-state index is 12.1. The van der Waals surface area contributed by atoms with E-state index in [1.165, 1.54) is 24.9 Å². The normalized spacial score (nSPS) is 27.6. The minimum atomic E-state index is -2.60. The van der Waals surface area contributed by atoms with E-state index >= 15 is 0 Å². The fraction of sp³-hybridized carbons (Fsp3) is 0.500. The third-order valence-corrected chi connectivity index (χ3v) is 5.65. The number of hydrogen-bond donors (Lipinski definition) is 4. The predicted octanol–water partition coefficient (Wildman–Crippen LogP) is -0.808. The lowest BCUT2D eigenvalue weighted by Crippen LogP contribution is -2.45. The number of nitrogen functional groups attached to an aromatic ring is 1. The topological polar surface area (TPSA) is 194 Å². The van der Waals surface area contributed by atoms with Crippen molar-refractivity contribution in [3.8, 4) is 6.07 Å². The highest BCUT2D eigenvalue weighted by atomic mass is 31.1. The summed E-state index contributed by atoms with van der Waals surface area (Å²) in [6.07, 6.45) is -3.14. The van der Waals surface area contributed by atoms with Gasteiger partial charge >= 0.3 is 14.1 Å². The molecule has 160 valence electrons. The van der Waals surface area contributed by atoms with Gasteiger partial charge in [0.05, 0.1) is 12.8 Å². The average Bonchev–Trinajstić information content (AvgIpc) is 3.27. The van der Waals surface area contributed by atoms with E-state index in [0.717, 1.165) is 0 Å². The van der Waals surface area contributed by atoms with Crippen LogP contribution in [-0.4, -0.2) is 68.3 Å². The average molecular weight is 439 g/mol. The van der Waals surface area contributed by atoms with Gasteiger partial charge in [0.1, 0.15) is 48.9 Å². The number of aliphatic hydroxyl groups is 2. The standard InChI is InChI=1S/C16H20N6O7P/c1-8(15(25)27-2)21-30(26)28-6-16(5-17)13(24)11(23)12(29-16)9-3-4-10-14(18)19-7-20-22(9)10/h3-4,7-8,11-13,23-24H,6H2,1-2H3,(H,21,26)(H2,18,19,20)/q+1/t8-,11-,12-,13-,16+/m0/s1. The summed E-state index contributed by atoms with van der Waals surface area (Å²) in [5.74, 6) is -0.465. The molecule has 0 spiro atoms. The molecule has 3 rings (SSSR count). The molecular formula is C16H20N6O7P+. The maximum Gasteiger partial charge on any atom is 0.613 e. The number of hydrogen-bond acceptors (Lipinski definition) is 11. The third kappa shape index (κ3) is 3.84. The largest absolute Gasteiger partial charge is 0.613 e. The molecule has 0 aromatic carbocycles. The van der Waals surface area contributed by atoms with Crippen LogP contribution < -0.4 is 10.8 Å². The molecule has 14 heteroatoms. The second-order valence-electron chi connectivity index (χ2n) is 6.58. The van der Waals surface area contributed by atoms with Gasteiger partial charge in [-0.15, -0.1) is 4.52 Å². The number of nitrogens with two attached hydrogens (primary N) is 1. The zero-order chi connectivity index (χ0) is 22.1. The number of nitrogens with zero attached hydrogens (tertiary/aromatic N) is 4. The molecule has 0 bridgehead atoms. The first-order chi connectivity index (χ1) is 14.2. The number of esters is 1. The first-order valence-electron chi connectivity index (χ1n) is 8.71. The van der Waals surface area contributed by atoms with Crippen molar-refractivity contribution in [1.29, 1.82) is 5.26 Å². The third-order valence-electron chi connectivity index (χ3n) is 4.69. The molecule has 1 saturated heterocycles. The number of nitrogens with one attached hydrogen (secondary N) is 1. The highest BCUT2D eigenvalue weighted by Gasteiger charge is 2.57. The number of carbonyl (C=O) groups excluding carboxylic acids is 1. The number of anilines is 1. The molecule has 1 aliphatic rings. The number of nitriles is 1. The van der Waals surface area contributed by atoms with E-state index in [-0.39, 0.29) is 5.82 Å². The number of rotatable bonds is 7. The van der Waals surface area contributed by atoms with Gasteiger partial charge in [-0.1, -0.05) is 5.09 Å². The number of aliphatic hydroxyl groups excluding tert-OH is 2. The minimum absolute atomic E-state index is 0.196. The van der Waals surface area contributed by atoms with Gasteiger partial charge in [0.25, 0.3) is 0 Å². The minimum Gasteiger partial charge on any atom is -0.468 e. The van der Waals surface area contributed by atoms with Crippen LogP contribution in [0.15, 0.2) is 18.5 Å². The van der Waals surface area contributed by atoms with Gasteiger partial charge in [-0.25, -0.2) is 9.50 Å². The Kier molecular flexibility index (Phi) is 6.27. The Morgan fingerprint density at radius 2 is 2.30 bits per heavy atom. The Morgan fingerprint density at radius 3 is 2.97 bits per heavy atom. The van der Waals surface area contributed by atoms with Crippen molar-refractivity contribution in [3.63, 3.8) is 0 Å². The van der Waals surface area contributed by atoms with E-state index in [1.807, 2.05) is 0 Å². The molecule has 0 amide bonds. The van der Waals surface area contributed by atoms with Gasteiger partial charge in [-0.3, -0.25) is 4.79 Å². The fourth-order valence-electron chi connectivity index (χ4n) is 3.05. The lowest BCUT2D eigenvalue weighted by molar-refractivity contribution is -0.142. The first-order valence-corrected chi connectivity index (χ1v) is 9.89. The molecule has 2 aromatic heterocycles. The van der Waals surface area contributed by atoms with Gasteiger partial charge in [-0.05, 0) is 23.6 Å². The zero-order valence-corrected chi connectivity index (χ0v) is 16.9. The van der Waals surface area contributed by atoms with Crippen LogP contribution in [0, 0.1) is 11.3 Å². The van der Waals surface area contributed by atoms with Crippen LogP contribution in [0.3, 0.4) is 0 Å². The summed E-state index contributed by atoms with van der Waals surface area (Å²) in [4.78, 5) is 15.3. The number of ether oxygens (including phenoxy) is 2. The van der Waals surface area contributed by atoms with Crippen molar-refractivity contribution in [3.05, 3.63) is 24.2 Å². The Hall–Kier alpha value is -2.72. The van der Waals surface area contributed by atoms with E-state index in [9.17, 15) is 24.8 Å². The lowest BCUT2D eigenvalue weighted by Gasteiger charge is -2.21. The summed E-state index contributed by atoms with van der Waals surface area (Å²) in [5.41, 5.74) is 4.55. The van der Waals surface area contributed by atoms with Crippen LogP contribution in [0.4, 0.5) is 5.82 Å². The second kappa shape index (κ2) is 8.57. The summed E-state index contributed by atoms with van der Waals surface area (Å²) in [6, 6.07) is 4.02. The van der Waals surface area contributed by atoms with Crippen LogP contribution in [0.25, 0.3) is 5.52 Å². The van der Waals surface area contributed by atoms with Crippen LogP contribution in [0.5, 0.6) is 0 Å². The number of methoxy groups -OCH3 is 1. The van der Waals surface area contributed by atoms with Crippen molar-refractivity contribution in [1.82, 2.24) is 19.7 Å². The Bertz CT molecular complexity index is 1010. The Labute approximate surface area is 171 Å². The zero-order valence-electron chi connectivity index (χ0n) is 16.0. The summed E-state index contributed by atoms with van der Waals surface area (Å²) >= 11 is 0. The van der Waals surface area contributed by atoms with E-state index in [0.29, 0.717) is 11.2 Å². The smallest absolute Gasteiger partial charge is 0.468 e. The van der Waals surface area contributed by atoms with Crippen molar-refractivity contribution in [2.75, 3.05) is 19.5 Å². The number of aromatic nitrogens is 3. The van der Waals surface area contributed by atoms with E-state index in [4.69, 9.17) is 15.0 Å². The maximum atomic E-state index is 12.1. The summed E-state index contributed by atoms with van der Waals surface area (Å²) in [7, 11) is -1.43. The predicted molar refractivity (Wildman–Crippen MR) is 99.8 cm³/mol. The summed E-state index contributed by atoms with van der Waals surface area (Å²) in [6.45, 7) is 0.767. The van der Waals surface area contributed by atoms with Crippen molar-refractivity contribution in [2.24, 2.45) is 0 Å². The molecule has 0 aliphatic carbocycles. The van der Waals surface area contributed by atoms with E-state index < -0.39 is 50.7 Å². The van der Waals surface area contributed by atoms with E-state index in [2.05, 4.69) is 19.9 Å². The molecule has 6 atom stereocenters. The highest BCUT2D eigenvalue weighted by Crippen LogP contribution is 2.41. The molecule has 1 fully saturated rings. The van der Waals surface area contributed by atoms with Gasteiger partial charge in [-0.2, -0.15) is 10.4 Å². The molecule has 30 heavy (non-hydrogen) atoms. The van der Waals surface area contributed by atoms with Crippen molar-refractivity contribution in [2.45, 2.75) is 36.9 Å². The summed E-state index contributed by atoms with van der Waals surface area (Å²) < 4.78 is 28.7. The molecule has 13 nitrogen and oxygen atoms in total. The van der Waals surface area contributed by atoms with Gasteiger partial charge in [0.2, 0.25) is 5.60 Å². The molecule has 5 N–H and O–H groups in total. The lowest BCUT2D eigenvalue weighted by atomic mass is 9.96. The van der Waals surface area contributed by atoms with Crippen LogP contribution >= 0.6 is 8.18 Å². The SMILES string of the molecule is COC(=O)[C@H](C)N[P+](=O)OC[C@@]1(C#N)O[C@@H](c2ccc3c(N)ncnn23)[C@H](O)[C@@H]1O.